The highest BCUT2D eigenvalue weighted by Crippen LogP contribution is 2.39. The van der Waals surface area contributed by atoms with Crippen LogP contribution in [0.3, 0.4) is 0 Å². The summed E-state index contributed by atoms with van der Waals surface area (Å²) >= 11 is 0. The summed E-state index contributed by atoms with van der Waals surface area (Å²) in [5.74, 6) is -0.463. The molecule has 21 heavy (non-hydrogen) atoms. The van der Waals surface area contributed by atoms with Crippen molar-refractivity contribution in [1.82, 2.24) is 0 Å². The molecule has 0 aromatic heterocycles. The van der Waals surface area contributed by atoms with Crippen LogP contribution in [-0.4, -0.2) is 29.6 Å². The third kappa shape index (κ3) is 2.93. The molecule has 0 bridgehead atoms. The van der Waals surface area contributed by atoms with Crippen LogP contribution in [0.4, 0.5) is 5.69 Å². The van der Waals surface area contributed by atoms with E-state index < -0.39 is 5.97 Å². The highest BCUT2D eigenvalue weighted by atomic mass is 16.4. The zero-order chi connectivity index (χ0) is 15.0. The first-order valence-corrected chi connectivity index (χ1v) is 7.43. The summed E-state index contributed by atoms with van der Waals surface area (Å²) in [6.45, 7) is 0.446. The molecule has 112 valence electrons. The monoisotopic (exact) mass is 288 g/mol. The van der Waals surface area contributed by atoms with E-state index in [1.54, 1.807) is 4.90 Å². The van der Waals surface area contributed by atoms with Gasteiger partial charge in [-0.15, -0.1) is 0 Å². The molecule has 1 amide bonds. The number of aliphatic carboxylic acids is 1. The maximum Gasteiger partial charge on any atom is 0.304 e. The van der Waals surface area contributed by atoms with Gasteiger partial charge in [0, 0.05) is 30.6 Å². The van der Waals surface area contributed by atoms with Gasteiger partial charge < -0.3 is 15.7 Å². The SMILES string of the molecule is NC(CC(=O)N1CC(CC(=O)O)c2ccccc21)C1CC1. The number of fused-ring (bicyclic) bond motifs is 1. The van der Waals surface area contributed by atoms with Crippen LogP contribution in [0.15, 0.2) is 24.3 Å². The third-order valence-corrected chi connectivity index (χ3v) is 4.43. The molecule has 1 fully saturated rings. The van der Waals surface area contributed by atoms with E-state index in [-0.39, 0.29) is 24.3 Å². The molecule has 3 rings (SSSR count). The highest BCUT2D eigenvalue weighted by molar-refractivity contribution is 5.96. The predicted molar refractivity (Wildman–Crippen MR) is 79.1 cm³/mol. The summed E-state index contributed by atoms with van der Waals surface area (Å²) in [4.78, 5) is 25.2. The average molecular weight is 288 g/mol. The van der Waals surface area contributed by atoms with Gasteiger partial charge in [-0.05, 0) is 30.4 Å². The van der Waals surface area contributed by atoms with Gasteiger partial charge in [-0.1, -0.05) is 18.2 Å². The van der Waals surface area contributed by atoms with Crippen molar-refractivity contribution >= 4 is 17.6 Å². The summed E-state index contributed by atoms with van der Waals surface area (Å²) < 4.78 is 0. The fourth-order valence-corrected chi connectivity index (χ4v) is 3.12. The number of amides is 1. The number of anilines is 1. The van der Waals surface area contributed by atoms with Crippen molar-refractivity contribution in [3.05, 3.63) is 29.8 Å². The molecule has 0 saturated heterocycles. The topological polar surface area (TPSA) is 83.6 Å². The Hall–Kier alpha value is -1.88. The van der Waals surface area contributed by atoms with Crippen LogP contribution < -0.4 is 10.6 Å². The zero-order valence-electron chi connectivity index (χ0n) is 11.9. The second-order valence-electron chi connectivity index (χ2n) is 6.06. The maximum atomic E-state index is 12.5. The normalized spacial score (nSPS) is 22.0. The molecule has 1 aromatic rings. The number of nitrogens with zero attached hydrogens (tertiary/aromatic N) is 1. The molecular formula is C16H20N2O3. The molecule has 5 heteroatoms. The van der Waals surface area contributed by atoms with Crippen molar-refractivity contribution in [2.24, 2.45) is 11.7 Å². The number of benzene rings is 1. The standard InChI is InChI=1S/C16H20N2O3/c17-13(10-5-6-10)8-15(19)18-9-11(7-16(20)21)12-3-1-2-4-14(12)18/h1-4,10-11,13H,5-9,17H2,(H,20,21). The van der Waals surface area contributed by atoms with Gasteiger partial charge in [0.05, 0.1) is 6.42 Å². The van der Waals surface area contributed by atoms with E-state index in [0.717, 1.165) is 24.1 Å². The molecule has 2 atom stereocenters. The number of carbonyl (C=O) groups excluding carboxylic acids is 1. The first-order chi connectivity index (χ1) is 10.1. The van der Waals surface area contributed by atoms with Gasteiger partial charge in [0.2, 0.25) is 5.91 Å². The van der Waals surface area contributed by atoms with E-state index in [4.69, 9.17) is 10.8 Å². The van der Waals surface area contributed by atoms with Crippen LogP contribution in [-0.2, 0) is 9.59 Å². The van der Waals surface area contributed by atoms with Gasteiger partial charge in [0.1, 0.15) is 0 Å². The molecule has 2 unspecified atom stereocenters. The van der Waals surface area contributed by atoms with Crippen molar-refractivity contribution in [1.29, 1.82) is 0 Å². The Balaban J connectivity index is 1.76. The van der Waals surface area contributed by atoms with Crippen LogP contribution in [0.25, 0.3) is 0 Å². The predicted octanol–water partition coefficient (Wildman–Crippen LogP) is 1.72. The quantitative estimate of drug-likeness (QED) is 0.864. The first kappa shape index (κ1) is 14.1. The van der Waals surface area contributed by atoms with Gasteiger partial charge in [0.15, 0.2) is 0 Å². The number of carboxylic acids is 1. The molecule has 1 aliphatic carbocycles. The van der Waals surface area contributed by atoms with Crippen molar-refractivity contribution in [2.75, 3.05) is 11.4 Å². The second kappa shape index (κ2) is 5.48. The van der Waals surface area contributed by atoms with Gasteiger partial charge in [-0.3, -0.25) is 9.59 Å². The number of hydrogen-bond acceptors (Lipinski definition) is 3. The van der Waals surface area contributed by atoms with E-state index in [2.05, 4.69) is 0 Å². The molecule has 0 radical (unpaired) electrons. The molecule has 0 spiro atoms. The van der Waals surface area contributed by atoms with Crippen LogP contribution in [0.5, 0.6) is 0 Å². The fraction of sp³-hybridized carbons (Fsp3) is 0.500. The minimum Gasteiger partial charge on any atom is -0.481 e. The Morgan fingerprint density at radius 3 is 2.71 bits per heavy atom. The number of para-hydroxylation sites is 1. The minimum absolute atomic E-state index is 0.00902. The van der Waals surface area contributed by atoms with Gasteiger partial charge in [-0.25, -0.2) is 0 Å². The molecule has 3 N–H and O–H groups in total. The molecular weight excluding hydrogens is 268 g/mol. The fourth-order valence-electron chi connectivity index (χ4n) is 3.12. The zero-order valence-corrected chi connectivity index (χ0v) is 11.9. The van der Waals surface area contributed by atoms with Crippen LogP contribution in [0.2, 0.25) is 0 Å². The Morgan fingerprint density at radius 1 is 1.33 bits per heavy atom. The number of nitrogens with two attached hydrogens (primary N) is 1. The maximum absolute atomic E-state index is 12.5. The Kier molecular flexibility index (Phi) is 3.68. The number of hydrogen-bond donors (Lipinski definition) is 2. The summed E-state index contributed by atoms with van der Waals surface area (Å²) in [5, 5.41) is 9.03. The van der Waals surface area contributed by atoms with Crippen LogP contribution >= 0.6 is 0 Å². The van der Waals surface area contributed by atoms with Gasteiger partial charge >= 0.3 is 5.97 Å². The average Bonchev–Trinajstić information content (AvgIpc) is 3.23. The van der Waals surface area contributed by atoms with Gasteiger partial charge in [0.25, 0.3) is 0 Å². The van der Waals surface area contributed by atoms with Crippen LogP contribution in [0, 0.1) is 5.92 Å². The molecule has 1 heterocycles. The van der Waals surface area contributed by atoms with Crippen molar-refractivity contribution in [3.8, 4) is 0 Å². The lowest BCUT2D eigenvalue weighted by Gasteiger charge is -2.20. The number of rotatable bonds is 5. The van der Waals surface area contributed by atoms with E-state index >= 15 is 0 Å². The Morgan fingerprint density at radius 2 is 2.05 bits per heavy atom. The van der Waals surface area contributed by atoms with E-state index in [1.165, 1.54) is 0 Å². The lowest BCUT2D eigenvalue weighted by Crippen LogP contribution is -2.36. The van der Waals surface area contributed by atoms with E-state index in [0.29, 0.717) is 18.9 Å². The summed E-state index contributed by atoms with van der Waals surface area (Å²) in [5.41, 5.74) is 7.84. The van der Waals surface area contributed by atoms with Crippen molar-refractivity contribution < 1.29 is 14.7 Å². The number of carbonyl (C=O) groups is 2. The molecule has 1 aliphatic heterocycles. The lowest BCUT2D eigenvalue weighted by atomic mass is 9.98. The van der Waals surface area contributed by atoms with E-state index in [9.17, 15) is 9.59 Å². The molecule has 1 aromatic carbocycles. The van der Waals surface area contributed by atoms with E-state index in [1.807, 2.05) is 24.3 Å². The second-order valence-corrected chi connectivity index (χ2v) is 6.06. The summed E-state index contributed by atoms with van der Waals surface area (Å²) in [7, 11) is 0. The Bertz CT molecular complexity index is 568. The lowest BCUT2D eigenvalue weighted by molar-refractivity contribution is -0.137. The van der Waals surface area contributed by atoms with Crippen molar-refractivity contribution in [2.45, 2.75) is 37.6 Å². The largest absolute Gasteiger partial charge is 0.481 e. The number of carboxylic acid groups (broad SMARTS) is 1. The molecule has 5 nitrogen and oxygen atoms in total. The van der Waals surface area contributed by atoms with Crippen molar-refractivity contribution in [3.63, 3.8) is 0 Å². The Labute approximate surface area is 123 Å². The third-order valence-electron chi connectivity index (χ3n) is 4.43. The highest BCUT2D eigenvalue weighted by Gasteiger charge is 2.36. The van der Waals surface area contributed by atoms with Gasteiger partial charge in [-0.2, -0.15) is 0 Å². The molecule has 2 aliphatic rings. The molecule has 1 saturated carbocycles. The first-order valence-electron chi connectivity index (χ1n) is 7.43. The van der Waals surface area contributed by atoms with Crippen LogP contribution in [0.1, 0.15) is 37.2 Å². The smallest absolute Gasteiger partial charge is 0.304 e. The minimum atomic E-state index is -0.834. The summed E-state index contributed by atoms with van der Waals surface area (Å²) in [6, 6.07) is 7.50. The summed E-state index contributed by atoms with van der Waals surface area (Å²) in [6.07, 6.45) is 2.63.